The van der Waals surface area contributed by atoms with Gasteiger partial charge >= 0.3 is 0 Å². The SMILES string of the molecule is CS(C)(=O)=Nc1cnc(-c2ccc(-c3nc4cc(O[C@@H]5CO[C@H]6[C@@H]5OC[C@H]6O)[nH]c4cc3F)cc2)cn1. The minimum absolute atomic E-state index is 0.206. The largest absolute Gasteiger partial charge is 0.470 e. The van der Waals surface area contributed by atoms with Gasteiger partial charge in [-0.25, -0.2) is 18.6 Å². The molecule has 2 fully saturated rings. The van der Waals surface area contributed by atoms with Crippen molar-refractivity contribution >= 4 is 26.6 Å². The molecule has 1 aromatic carbocycles. The van der Waals surface area contributed by atoms with E-state index in [1.54, 1.807) is 24.4 Å². The molecule has 192 valence electrons. The monoisotopic (exact) mass is 525 g/mol. The van der Waals surface area contributed by atoms with Crippen LogP contribution in [0, 0.1) is 5.82 Å². The van der Waals surface area contributed by atoms with E-state index in [-0.39, 0.29) is 24.5 Å². The van der Waals surface area contributed by atoms with Crippen molar-refractivity contribution in [3.63, 3.8) is 0 Å². The van der Waals surface area contributed by atoms with Gasteiger partial charge in [-0.05, 0) is 0 Å². The molecule has 37 heavy (non-hydrogen) atoms. The summed E-state index contributed by atoms with van der Waals surface area (Å²) in [6.07, 6.45) is 4.29. The number of nitrogens with one attached hydrogen (secondary N) is 1. The molecule has 4 atom stereocenters. The first-order chi connectivity index (χ1) is 17.7. The Kier molecular flexibility index (Phi) is 5.91. The van der Waals surface area contributed by atoms with E-state index in [0.717, 1.165) is 5.56 Å². The van der Waals surface area contributed by atoms with Gasteiger partial charge in [-0.2, -0.15) is 4.36 Å². The number of pyridine rings is 1. The zero-order chi connectivity index (χ0) is 25.7. The highest BCUT2D eigenvalue weighted by atomic mass is 32.2. The third kappa shape index (κ3) is 4.80. The molecule has 2 aliphatic heterocycles. The van der Waals surface area contributed by atoms with Crippen LogP contribution in [0.3, 0.4) is 0 Å². The van der Waals surface area contributed by atoms with Crippen LogP contribution in [0.4, 0.5) is 10.2 Å². The van der Waals surface area contributed by atoms with E-state index in [9.17, 15) is 13.7 Å². The van der Waals surface area contributed by atoms with E-state index in [2.05, 4.69) is 24.3 Å². The number of aromatic amines is 1. The van der Waals surface area contributed by atoms with Gasteiger partial charge in [0, 0.05) is 45.5 Å². The van der Waals surface area contributed by atoms with Crippen molar-refractivity contribution in [1.82, 2.24) is 19.9 Å². The summed E-state index contributed by atoms with van der Waals surface area (Å²) in [5.41, 5.74) is 3.25. The van der Waals surface area contributed by atoms with Crippen LogP contribution in [0.5, 0.6) is 5.88 Å². The third-order valence-corrected chi connectivity index (χ3v) is 6.82. The number of ether oxygens (including phenoxy) is 3. The van der Waals surface area contributed by atoms with E-state index in [0.29, 0.717) is 40.6 Å². The van der Waals surface area contributed by atoms with Gasteiger partial charge in [-0.3, -0.25) is 4.98 Å². The summed E-state index contributed by atoms with van der Waals surface area (Å²) in [4.78, 5) is 16.1. The molecule has 12 heteroatoms. The maximum absolute atomic E-state index is 15.0. The number of aromatic nitrogens is 4. The predicted octanol–water partition coefficient (Wildman–Crippen LogP) is 3.09. The highest BCUT2D eigenvalue weighted by molar-refractivity contribution is 7.92. The summed E-state index contributed by atoms with van der Waals surface area (Å²) >= 11 is 0. The van der Waals surface area contributed by atoms with Gasteiger partial charge in [-0.15, -0.1) is 0 Å². The van der Waals surface area contributed by atoms with Gasteiger partial charge in [0.1, 0.15) is 24.0 Å². The van der Waals surface area contributed by atoms with Crippen molar-refractivity contribution in [3.8, 4) is 28.4 Å². The lowest BCUT2D eigenvalue weighted by molar-refractivity contribution is 0.00794. The summed E-state index contributed by atoms with van der Waals surface area (Å²) in [6.45, 7) is 0.506. The molecule has 2 saturated heterocycles. The fourth-order valence-corrected chi connectivity index (χ4v) is 5.07. The van der Waals surface area contributed by atoms with E-state index in [1.165, 1.54) is 24.8 Å². The number of rotatable bonds is 5. The lowest BCUT2D eigenvalue weighted by Crippen LogP contribution is -2.34. The van der Waals surface area contributed by atoms with Crippen molar-refractivity contribution in [2.24, 2.45) is 4.36 Å². The minimum Gasteiger partial charge on any atom is -0.470 e. The van der Waals surface area contributed by atoms with Crippen LogP contribution >= 0.6 is 0 Å². The Balaban J connectivity index is 1.22. The van der Waals surface area contributed by atoms with Crippen LogP contribution in [0.2, 0.25) is 0 Å². The molecule has 0 bridgehead atoms. The number of fused-ring (bicyclic) bond motifs is 2. The predicted molar refractivity (Wildman–Crippen MR) is 134 cm³/mol. The molecule has 0 saturated carbocycles. The van der Waals surface area contributed by atoms with Crippen molar-refractivity contribution < 1.29 is 27.9 Å². The standard InChI is InChI=1S/C25H24FN5O5S/c1-37(2,33)31-21-10-27-18(9-28-21)13-3-5-14(6-4-13)23-15(26)7-16-17(30-23)8-22(29-16)36-20-12-35-24-19(32)11-34-25(20)24/h3-10,19-20,24-25,29,32H,11-12H2,1-2H3/t19-,20-,24-,25-/m1/s1. The molecule has 5 heterocycles. The lowest BCUT2D eigenvalue weighted by atomic mass is 10.1. The quantitative estimate of drug-likeness (QED) is 0.406. The van der Waals surface area contributed by atoms with Crippen LogP contribution < -0.4 is 4.74 Å². The molecule has 4 aromatic rings. The minimum atomic E-state index is -2.32. The average Bonchev–Trinajstić information content (AvgIpc) is 3.55. The van der Waals surface area contributed by atoms with Gasteiger partial charge in [-0.1, -0.05) is 24.3 Å². The topological polar surface area (TPSA) is 132 Å². The first-order valence-electron chi connectivity index (χ1n) is 11.6. The van der Waals surface area contributed by atoms with Crippen LogP contribution in [0.25, 0.3) is 33.5 Å². The first kappa shape index (κ1) is 23.9. The van der Waals surface area contributed by atoms with Gasteiger partial charge in [0.25, 0.3) is 0 Å². The third-order valence-electron chi connectivity index (χ3n) is 6.20. The van der Waals surface area contributed by atoms with Crippen molar-refractivity contribution in [2.75, 3.05) is 25.7 Å². The molecule has 2 N–H and O–H groups in total. The van der Waals surface area contributed by atoms with Crippen LogP contribution in [-0.4, -0.2) is 79.4 Å². The van der Waals surface area contributed by atoms with Crippen molar-refractivity contribution in [1.29, 1.82) is 0 Å². The Morgan fingerprint density at radius 2 is 1.84 bits per heavy atom. The second-order valence-corrected chi connectivity index (χ2v) is 11.9. The number of nitrogens with zero attached hydrogens (tertiary/aromatic N) is 4. The highest BCUT2D eigenvalue weighted by Crippen LogP contribution is 2.32. The second-order valence-electron chi connectivity index (χ2n) is 9.31. The zero-order valence-corrected chi connectivity index (χ0v) is 20.8. The van der Waals surface area contributed by atoms with Gasteiger partial charge in [0.15, 0.2) is 23.6 Å². The maximum Gasteiger partial charge on any atom is 0.193 e. The Morgan fingerprint density at radius 3 is 2.57 bits per heavy atom. The number of benzene rings is 1. The number of aliphatic hydroxyl groups excluding tert-OH is 1. The molecule has 3 aromatic heterocycles. The highest BCUT2D eigenvalue weighted by Gasteiger charge is 2.48. The van der Waals surface area contributed by atoms with Gasteiger partial charge in [0.05, 0.1) is 42.3 Å². The van der Waals surface area contributed by atoms with E-state index < -0.39 is 27.8 Å². The summed E-state index contributed by atoms with van der Waals surface area (Å²) in [7, 11) is -2.32. The molecule has 6 rings (SSSR count). The fourth-order valence-electron chi connectivity index (χ4n) is 4.52. The number of aliphatic hydroxyl groups is 1. The van der Waals surface area contributed by atoms with E-state index in [1.807, 2.05) is 12.1 Å². The molecule has 0 unspecified atom stereocenters. The molecular formula is C25H24FN5O5S. The molecule has 0 spiro atoms. The Labute approximate surface area is 212 Å². The fraction of sp³-hybridized carbons (Fsp3) is 0.320. The maximum atomic E-state index is 15.0. The zero-order valence-electron chi connectivity index (χ0n) is 20.0. The lowest BCUT2D eigenvalue weighted by Gasteiger charge is -2.16. The summed E-state index contributed by atoms with van der Waals surface area (Å²) < 4.78 is 48.0. The molecule has 0 radical (unpaired) electrons. The molecule has 0 aliphatic carbocycles. The molecular weight excluding hydrogens is 501 g/mol. The van der Waals surface area contributed by atoms with E-state index >= 15 is 0 Å². The summed E-state index contributed by atoms with van der Waals surface area (Å²) in [5.74, 6) is 0.247. The average molecular weight is 526 g/mol. The number of hydrogen-bond donors (Lipinski definition) is 2. The molecule has 2 aliphatic rings. The van der Waals surface area contributed by atoms with Crippen LogP contribution in [-0.2, 0) is 19.2 Å². The van der Waals surface area contributed by atoms with Crippen molar-refractivity contribution in [2.45, 2.75) is 24.4 Å². The van der Waals surface area contributed by atoms with Crippen LogP contribution in [0.1, 0.15) is 0 Å². The number of hydrogen-bond acceptors (Lipinski definition) is 9. The Hall–Kier alpha value is -3.45. The Bertz CT molecular complexity index is 1580. The second kappa shape index (κ2) is 9.14. The van der Waals surface area contributed by atoms with E-state index in [4.69, 9.17) is 14.2 Å². The van der Waals surface area contributed by atoms with Gasteiger partial charge in [0.2, 0.25) is 0 Å². The smallest absolute Gasteiger partial charge is 0.193 e. The van der Waals surface area contributed by atoms with Crippen molar-refractivity contribution in [3.05, 3.63) is 54.6 Å². The number of H-pyrrole nitrogens is 1. The summed E-state index contributed by atoms with van der Waals surface area (Å²) in [5, 5.41) is 9.91. The van der Waals surface area contributed by atoms with Gasteiger partial charge < -0.3 is 24.3 Å². The summed E-state index contributed by atoms with van der Waals surface area (Å²) in [6, 6.07) is 10.2. The molecule has 0 amide bonds. The normalized spacial score (nSPS) is 23.4. The Morgan fingerprint density at radius 1 is 1.08 bits per heavy atom. The molecule has 10 nitrogen and oxygen atoms in total. The first-order valence-corrected chi connectivity index (χ1v) is 13.9. The van der Waals surface area contributed by atoms with Crippen LogP contribution in [0.15, 0.2) is 53.2 Å². The number of halogens is 1.